The predicted molar refractivity (Wildman–Crippen MR) is 104 cm³/mol. The van der Waals surface area contributed by atoms with Gasteiger partial charge in [-0.1, -0.05) is 12.1 Å². The van der Waals surface area contributed by atoms with Crippen LogP contribution in [0.5, 0.6) is 0 Å². The van der Waals surface area contributed by atoms with E-state index in [-0.39, 0.29) is 0 Å². The van der Waals surface area contributed by atoms with Crippen molar-refractivity contribution in [2.45, 2.75) is 13.0 Å². The molecule has 0 unspecified atom stereocenters. The molecule has 3 rings (SSSR count). The Kier molecular flexibility index (Phi) is 6.35. The molecule has 0 atom stereocenters. The first-order valence-corrected chi connectivity index (χ1v) is 9.21. The Morgan fingerprint density at radius 2 is 1.92 bits per heavy atom. The summed E-state index contributed by atoms with van der Waals surface area (Å²) in [5, 5.41) is 4.55. The van der Waals surface area contributed by atoms with E-state index in [2.05, 4.69) is 35.3 Å². The van der Waals surface area contributed by atoms with Gasteiger partial charge in [0.05, 0.1) is 12.1 Å². The molecule has 1 amide bonds. The van der Waals surface area contributed by atoms with Crippen molar-refractivity contribution in [3.05, 3.63) is 30.1 Å². The molecule has 140 valence electrons. The number of hydrogen-bond acceptors (Lipinski definition) is 6. The zero-order chi connectivity index (χ0) is 18.4. The predicted octanol–water partition coefficient (Wildman–Crippen LogP) is 1.27. The number of para-hydroxylation sites is 1. The summed E-state index contributed by atoms with van der Waals surface area (Å²) in [6.07, 6.45) is 1.99. The van der Waals surface area contributed by atoms with Crippen molar-refractivity contribution < 1.29 is 4.79 Å². The average Bonchev–Trinajstić information content (AvgIpc) is 2.65. The maximum Gasteiger partial charge on any atom is 0.209 e. The first-order valence-electron chi connectivity index (χ1n) is 9.21. The van der Waals surface area contributed by atoms with Crippen molar-refractivity contribution in [1.29, 1.82) is 0 Å². The largest absolute Gasteiger partial charge is 0.369 e. The zero-order valence-electron chi connectivity index (χ0n) is 15.7. The number of carbonyl (C=O) groups excluding carboxylic acids is 1. The highest BCUT2D eigenvalue weighted by Gasteiger charge is 2.17. The Morgan fingerprint density at radius 3 is 2.65 bits per heavy atom. The van der Waals surface area contributed by atoms with Crippen LogP contribution in [-0.4, -0.2) is 84.4 Å². The monoisotopic (exact) mass is 356 g/mol. The second kappa shape index (κ2) is 8.91. The van der Waals surface area contributed by atoms with Gasteiger partial charge in [-0.2, -0.15) is 0 Å². The van der Waals surface area contributed by atoms with Gasteiger partial charge in [0.15, 0.2) is 0 Å². The van der Waals surface area contributed by atoms with E-state index in [1.54, 1.807) is 0 Å². The van der Waals surface area contributed by atoms with Crippen molar-refractivity contribution >= 4 is 23.1 Å². The van der Waals surface area contributed by atoms with E-state index in [1.165, 1.54) is 0 Å². The molecule has 0 aliphatic carbocycles. The normalized spacial score (nSPS) is 15.6. The first kappa shape index (κ1) is 18.5. The van der Waals surface area contributed by atoms with Crippen LogP contribution >= 0.6 is 0 Å². The zero-order valence-corrected chi connectivity index (χ0v) is 15.7. The lowest BCUT2D eigenvalue weighted by Gasteiger charge is -2.32. The molecule has 0 saturated carbocycles. The minimum absolute atomic E-state index is 0.712. The van der Waals surface area contributed by atoms with Crippen LogP contribution in [0.25, 0.3) is 10.9 Å². The van der Waals surface area contributed by atoms with E-state index < -0.39 is 0 Å². The third-order valence-corrected chi connectivity index (χ3v) is 4.65. The second-order valence-electron chi connectivity index (χ2n) is 7.01. The Bertz CT molecular complexity index is 727. The number of anilines is 1. The summed E-state index contributed by atoms with van der Waals surface area (Å²) in [4.78, 5) is 26.7. The van der Waals surface area contributed by atoms with Gasteiger partial charge in [-0.25, -0.2) is 9.97 Å². The molecule has 1 aromatic heterocycles. The van der Waals surface area contributed by atoms with Gasteiger partial charge in [0.25, 0.3) is 0 Å². The summed E-state index contributed by atoms with van der Waals surface area (Å²) in [5.41, 5.74) is 0.971. The Labute approximate surface area is 155 Å². The van der Waals surface area contributed by atoms with Crippen molar-refractivity contribution in [2.75, 3.05) is 58.7 Å². The molecule has 2 heterocycles. The average molecular weight is 356 g/mol. The fraction of sp³-hybridized carbons (Fsp3) is 0.526. The van der Waals surface area contributed by atoms with Crippen LogP contribution in [0.4, 0.5) is 5.82 Å². The molecule has 7 nitrogen and oxygen atoms in total. The third kappa shape index (κ3) is 4.89. The molecule has 2 aromatic rings. The number of carbonyl (C=O) groups is 1. The van der Waals surface area contributed by atoms with Crippen LogP contribution in [0.1, 0.15) is 12.2 Å². The molecule has 26 heavy (non-hydrogen) atoms. The van der Waals surface area contributed by atoms with E-state index in [4.69, 9.17) is 9.97 Å². The van der Waals surface area contributed by atoms with Crippen molar-refractivity contribution in [3.8, 4) is 0 Å². The summed E-state index contributed by atoms with van der Waals surface area (Å²) in [6, 6.07) is 8.14. The van der Waals surface area contributed by atoms with Gasteiger partial charge >= 0.3 is 0 Å². The molecule has 1 saturated heterocycles. The second-order valence-corrected chi connectivity index (χ2v) is 7.01. The number of nitrogens with one attached hydrogen (secondary N) is 1. The minimum Gasteiger partial charge on any atom is -0.369 e. The van der Waals surface area contributed by atoms with E-state index in [0.29, 0.717) is 6.54 Å². The Morgan fingerprint density at radius 1 is 1.15 bits per heavy atom. The lowest BCUT2D eigenvalue weighted by atomic mass is 10.2. The Hall–Kier alpha value is -2.25. The maximum absolute atomic E-state index is 10.9. The standard InChI is InChI=1S/C19H28N6O/c1-23(2)9-5-8-20-19-16-6-3-4-7-17(16)21-18(22-19)14-24-10-12-25(15-26)13-11-24/h3-4,6-7,15H,5,8-14H2,1-2H3,(H,20,21,22). The van der Waals surface area contributed by atoms with Gasteiger partial charge in [-0.05, 0) is 39.2 Å². The van der Waals surface area contributed by atoms with Gasteiger partial charge < -0.3 is 15.1 Å². The number of rotatable bonds is 8. The molecule has 1 N–H and O–H groups in total. The number of amides is 1. The molecule has 0 spiro atoms. The lowest BCUT2D eigenvalue weighted by molar-refractivity contribution is -0.119. The van der Waals surface area contributed by atoms with Crippen LogP contribution in [0.15, 0.2) is 24.3 Å². The van der Waals surface area contributed by atoms with Crippen molar-refractivity contribution in [3.63, 3.8) is 0 Å². The maximum atomic E-state index is 10.9. The van der Waals surface area contributed by atoms with E-state index >= 15 is 0 Å². The molecule has 1 fully saturated rings. The molecular weight excluding hydrogens is 328 g/mol. The number of hydrogen-bond donors (Lipinski definition) is 1. The summed E-state index contributed by atoms with van der Waals surface area (Å²) in [6.45, 7) is 5.91. The van der Waals surface area contributed by atoms with Gasteiger partial charge in [0.1, 0.15) is 11.6 Å². The van der Waals surface area contributed by atoms with Gasteiger partial charge in [0, 0.05) is 38.1 Å². The summed E-state index contributed by atoms with van der Waals surface area (Å²) >= 11 is 0. The minimum atomic E-state index is 0.712. The van der Waals surface area contributed by atoms with E-state index in [9.17, 15) is 4.79 Å². The highest BCUT2D eigenvalue weighted by molar-refractivity contribution is 5.88. The molecule has 0 radical (unpaired) electrons. The number of benzene rings is 1. The van der Waals surface area contributed by atoms with E-state index in [1.807, 2.05) is 23.1 Å². The molecule has 0 bridgehead atoms. The van der Waals surface area contributed by atoms with Crippen LogP contribution in [-0.2, 0) is 11.3 Å². The SMILES string of the molecule is CN(C)CCCNc1nc(CN2CCN(C=O)CC2)nc2ccccc12. The van der Waals surface area contributed by atoms with Crippen molar-refractivity contribution in [2.24, 2.45) is 0 Å². The van der Waals surface area contributed by atoms with Gasteiger partial charge in [0.2, 0.25) is 6.41 Å². The topological polar surface area (TPSA) is 64.6 Å². The fourth-order valence-corrected chi connectivity index (χ4v) is 3.16. The molecule has 7 heteroatoms. The molecular formula is C19H28N6O. The van der Waals surface area contributed by atoms with Gasteiger partial charge in [-0.3, -0.25) is 9.69 Å². The summed E-state index contributed by atoms with van der Waals surface area (Å²) in [7, 11) is 4.17. The van der Waals surface area contributed by atoms with Crippen LogP contribution < -0.4 is 5.32 Å². The number of aromatic nitrogens is 2. The van der Waals surface area contributed by atoms with Crippen LogP contribution in [0.3, 0.4) is 0 Å². The number of piperazine rings is 1. The molecule has 1 aromatic carbocycles. The smallest absolute Gasteiger partial charge is 0.209 e. The first-order chi connectivity index (χ1) is 12.7. The van der Waals surface area contributed by atoms with Crippen LogP contribution in [0, 0.1) is 0 Å². The van der Waals surface area contributed by atoms with Crippen molar-refractivity contribution in [1.82, 2.24) is 24.7 Å². The Balaban J connectivity index is 1.71. The quantitative estimate of drug-likeness (QED) is 0.568. The third-order valence-electron chi connectivity index (χ3n) is 4.65. The highest BCUT2D eigenvalue weighted by atomic mass is 16.1. The lowest BCUT2D eigenvalue weighted by Crippen LogP contribution is -2.45. The van der Waals surface area contributed by atoms with Gasteiger partial charge in [-0.15, -0.1) is 0 Å². The fourth-order valence-electron chi connectivity index (χ4n) is 3.16. The van der Waals surface area contributed by atoms with E-state index in [0.717, 1.165) is 74.6 Å². The summed E-state index contributed by atoms with van der Waals surface area (Å²) < 4.78 is 0. The number of nitrogens with zero attached hydrogens (tertiary/aromatic N) is 5. The summed E-state index contributed by atoms with van der Waals surface area (Å²) in [5.74, 6) is 1.74. The van der Waals surface area contributed by atoms with Crippen LogP contribution in [0.2, 0.25) is 0 Å². The molecule has 1 aliphatic rings. The number of fused-ring (bicyclic) bond motifs is 1. The highest BCUT2D eigenvalue weighted by Crippen LogP contribution is 2.20. The molecule has 1 aliphatic heterocycles.